The van der Waals surface area contributed by atoms with Crippen molar-refractivity contribution >= 4 is 11.6 Å². The van der Waals surface area contributed by atoms with Gasteiger partial charge in [0.1, 0.15) is 0 Å². The Balaban J connectivity index is 2.59. The first-order valence-electron chi connectivity index (χ1n) is 6.18. The van der Waals surface area contributed by atoms with Gasteiger partial charge < -0.3 is 11.1 Å². The number of benzene rings is 1. The lowest BCUT2D eigenvalue weighted by Gasteiger charge is -2.10. The van der Waals surface area contributed by atoms with E-state index >= 15 is 0 Å². The lowest BCUT2D eigenvalue weighted by Crippen LogP contribution is -2.21. The Labute approximate surface area is 103 Å². The smallest absolute Gasteiger partial charge is 0.226 e. The molecule has 3 heteroatoms. The number of carbonyl (C=O) groups is 1. The molecule has 0 saturated heterocycles. The first kappa shape index (κ1) is 13.7. The second-order valence-electron chi connectivity index (χ2n) is 4.71. The molecule has 0 aliphatic rings. The van der Waals surface area contributed by atoms with Crippen LogP contribution in [-0.4, -0.2) is 11.9 Å². The highest BCUT2D eigenvalue weighted by Gasteiger charge is 2.07. The molecule has 1 unspecified atom stereocenters. The number of nitrogens with two attached hydrogens (primary N) is 1. The number of rotatable bonds is 5. The SMILES string of the molecule is CCC(N)Cc1ccc(NC(=O)C(C)C)cc1. The molecule has 0 aliphatic heterocycles. The summed E-state index contributed by atoms with van der Waals surface area (Å²) in [5, 5.41) is 2.87. The van der Waals surface area contributed by atoms with E-state index in [4.69, 9.17) is 5.73 Å². The highest BCUT2D eigenvalue weighted by molar-refractivity contribution is 5.91. The van der Waals surface area contributed by atoms with Crippen molar-refractivity contribution in [1.29, 1.82) is 0 Å². The fourth-order valence-corrected chi connectivity index (χ4v) is 1.46. The average molecular weight is 234 g/mol. The van der Waals surface area contributed by atoms with Crippen LogP contribution in [0.5, 0.6) is 0 Å². The summed E-state index contributed by atoms with van der Waals surface area (Å²) in [6.45, 7) is 5.84. The molecular weight excluding hydrogens is 212 g/mol. The van der Waals surface area contributed by atoms with Crippen LogP contribution in [-0.2, 0) is 11.2 Å². The number of hydrogen-bond acceptors (Lipinski definition) is 2. The Hall–Kier alpha value is -1.35. The summed E-state index contributed by atoms with van der Waals surface area (Å²) in [6.07, 6.45) is 1.86. The Bertz CT molecular complexity index is 357. The second-order valence-corrected chi connectivity index (χ2v) is 4.71. The van der Waals surface area contributed by atoms with Crippen molar-refractivity contribution in [3.05, 3.63) is 29.8 Å². The minimum Gasteiger partial charge on any atom is -0.327 e. The van der Waals surface area contributed by atoms with Crippen molar-refractivity contribution < 1.29 is 4.79 Å². The maximum atomic E-state index is 11.5. The van der Waals surface area contributed by atoms with Gasteiger partial charge in [-0.2, -0.15) is 0 Å². The molecule has 1 amide bonds. The van der Waals surface area contributed by atoms with Gasteiger partial charge >= 0.3 is 0 Å². The van der Waals surface area contributed by atoms with Gasteiger partial charge in [-0.05, 0) is 30.5 Å². The van der Waals surface area contributed by atoms with Gasteiger partial charge in [0.2, 0.25) is 5.91 Å². The minimum atomic E-state index is 0.00295. The summed E-state index contributed by atoms with van der Waals surface area (Å²) in [7, 11) is 0. The van der Waals surface area contributed by atoms with E-state index in [1.807, 2.05) is 38.1 Å². The number of nitrogens with one attached hydrogen (secondary N) is 1. The van der Waals surface area contributed by atoms with E-state index < -0.39 is 0 Å². The monoisotopic (exact) mass is 234 g/mol. The molecule has 1 rings (SSSR count). The van der Waals surface area contributed by atoms with Gasteiger partial charge in [-0.25, -0.2) is 0 Å². The predicted octanol–water partition coefficient (Wildman–Crippen LogP) is 2.56. The Morgan fingerprint density at radius 2 is 1.88 bits per heavy atom. The van der Waals surface area contributed by atoms with Crippen LogP contribution in [0.2, 0.25) is 0 Å². The second kappa shape index (κ2) is 6.40. The third-order valence-electron chi connectivity index (χ3n) is 2.77. The molecule has 0 spiro atoms. The molecule has 94 valence electrons. The molecule has 1 atom stereocenters. The van der Waals surface area contributed by atoms with Crippen LogP contribution >= 0.6 is 0 Å². The molecule has 0 fully saturated rings. The summed E-state index contributed by atoms with van der Waals surface area (Å²) < 4.78 is 0. The van der Waals surface area contributed by atoms with Crippen molar-refractivity contribution in [3.63, 3.8) is 0 Å². The summed E-state index contributed by atoms with van der Waals surface area (Å²) >= 11 is 0. The van der Waals surface area contributed by atoms with Gasteiger partial charge in [0, 0.05) is 17.6 Å². The van der Waals surface area contributed by atoms with E-state index in [0.29, 0.717) is 0 Å². The van der Waals surface area contributed by atoms with Gasteiger partial charge in [0.25, 0.3) is 0 Å². The summed E-state index contributed by atoms with van der Waals surface area (Å²) in [4.78, 5) is 11.5. The fourth-order valence-electron chi connectivity index (χ4n) is 1.46. The van der Waals surface area contributed by atoms with Crippen LogP contribution in [0.4, 0.5) is 5.69 Å². The van der Waals surface area contributed by atoms with Crippen LogP contribution in [0, 0.1) is 5.92 Å². The zero-order valence-electron chi connectivity index (χ0n) is 10.9. The fraction of sp³-hybridized carbons (Fsp3) is 0.500. The Morgan fingerprint density at radius 3 is 2.35 bits per heavy atom. The molecule has 0 aromatic heterocycles. The lowest BCUT2D eigenvalue weighted by atomic mass is 10.0. The number of hydrogen-bond donors (Lipinski definition) is 2. The number of anilines is 1. The van der Waals surface area contributed by atoms with E-state index in [0.717, 1.165) is 18.5 Å². The average Bonchev–Trinajstić information content (AvgIpc) is 2.31. The van der Waals surface area contributed by atoms with Gasteiger partial charge in [-0.1, -0.05) is 32.9 Å². The standard InChI is InChI=1S/C14H22N2O/c1-4-12(15)9-11-5-7-13(8-6-11)16-14(17)10(2)3/h5-8,10,12H,4,9,15H2,1-3H3,(H,16,17). The largest absolute Gasteiger partial charge is 0.327 e. The summed E-state index contributed by atoms with van der Waals surface area (Å²) in [6, 6.07) is 8.11. The van der Waals surface area contributed by atoms with Crippen LogP contribution in [0.1, 0.15) is 32.8 Å². The maximum Gasteiger partial charge on any atom is 0.226 e. The third kappa shape index (κ3) is 4.57. The summed E-state index contributed by atoms with van der Waals surface area (Å²) in [5.41, 5.74) is 7.95. The highest BCUT2D eigenvalue weighted by Crippen LogP contribution is 2.12. The van der Waals surface area contributed by atoms with Crippen molar-refractivity contribution in [2.75, 3.05) is 5.32 Å². The van der Waals surface area contributed by atoms with Crippen LogP contribution in [0.3, 0.4) is 0 Å². The maximum absolute atomic E-state index is 11.5. The quantitative estimate of drug-likeness (QED) is 0.822. The Kier molecular flexibility index (Phi) is 5.16. The lowest BCUT2D eigenvalue weighted by molar-refractivity contribution is -0.118. The van der Waals surface area contributed by atoms with Crippen LogP contribution in [0.15, 0.2) is 24.3 Å². The summed E-state index contributed by atoms with van der Waals surface area (Å²) in [5.74, 6) is 0.0474. The minimum absolute atomic E-state index is 0.00295. The van der Waals surface area contributed by atoms with E-state index in [2.05, 4.69) is 12.2 Å². The third-order valence-corrected chi connectivity index (χ3v) is 2.77. The number of amides is 1. The van der Waals surface area contributed by atoms with Crippen LogP contribution < -0.4 is 11.1 Å². The van der Waals surface area contributed by atoms with E-state index in [-0.39, 0.29) is 17.9 Å². The van der Waals surface area contributed by atoms with Crippen molar-refractivity contribution in [2.24, 2.45) is 11.7 Å². The number of carbonyl (C=O) groups excluding carboxylic acids is 1. The molecule has 3 nitrogen and oxygen atoms in total. The molecule has 0 bridgehead atoms. The van der Waals surface area contributed by atoms with E-state index in [1.165, 1.54) is 5.56 Å². The molecule has 0 heterocycles. The van der Waals surface area contributed by atoms with Gasteiger partial charge in [-0.3, -0.25) is 4.79 Å². The molecule has 1 aromatic rings. The molecule has 0 aliphatic carbocycles. The molecule has 1 aromatic carbocycles. The molecular formula is C14H22N2O. The highest BCUT2D eigenvalue weighted by atomic mass is 16.1. The zero-order chi connectivity index (χ0) is 12.8. The molecule has 0 saturated carbocycles. The van der Waals surface area contributed by atoms with E-state index in [1.54, 1.807) is 0 Å². The normalized spacial score (nSPS) is 12.5. The van der Waals surface area contributed by atoms with Crippen LogP contribution in [0.25, 0.3) is 0 Å². The van der Waals surface area contributed by atoms with E-state index in [9.17, 15) is 4.79 Å². The van der Waals surface area contributed by atoms with Crippen molar-refractivity contribution in [1.82, 2.24) is 0 Å². The van der Waals surface area contributed by atoms with Crippen molar-refractivity contribution in [2.45, 2.75) is 39.7 Å². The molecule has 17 heavy (non-hydrogen) atoms. The van der Waals surface area contributed by atoms with Gasteiger partial charge in [0.15, 0.2) is 0 Å². The topological polar surface area (TPSA) is 55.1 Å². The Morgan fingerprint density at radius 1 is 1.29 bits per heavy atom. The molecule has 3 N–H and O–H groups in total. The predicted molar refractivity (Wildman–Crippen MR) is 71.9 cm³/mol. The van der Waals surface area contributed by atoms with Crippen molar-refractivity contribution in [3.8, 4) is 0 Å². The van der Waals surface area contributed by atoms with Gasteiger partial charge in [-0.15, -0.1) is 0 Å². The first-order valence-corrected chi connectivity index (χ1v) is 6.18. The first-order chi connectivity index (χ1) is 8.02. The zero-order valence-corrected chi connectivity index (χ0v) is 10.9. The molecule has 0 radical (unpaired) electrons. The van der Waals surface area contributed by atoms with Gasteiger partial charge in [0.05, 0.1) is 0 Å².